The lowest BCUT2D eigenvalue weighted by molar-refractivity contribution is -0.116. The van der Waals surface area contributed by atoms with Crippen LogP contribution in [0.3, 0.4) is 0 Å². The molecule has 1 atom stereocenters. The lowest BCUT2D eigenvalue weighted by Gasteiger charge is -2.11. The second kappa shape index (κ2) is 4.55. The van der Waals surface area contributed by atoms with Crippen LogP contribution in [0.1, 0.15) is 17.3 Å². The molecular formula is C10H10BrFO2. The van der Waals surface area contributed by atoms with Crippen molar-refractivity contribution in [2.24, 2.45) is 0 Å². The summed E-state index contributed by atoms with van der Waals surface area (Å²) in [5.74, 6) is 0.0314. The minimum Gasteiger partial charge on any atom is -0.496 e. The van der Waals surface area contributed by atoms with E-state index in [1.165, 1.54) is 32.2 Å². The number of hydrogen-bond acceptors (Lipinski definition) is 2. The Morgan fingerprint density at radius 2 is 2.21 bits per heavy atom. The molecule has 0 aliphatic rings. The normalized spacial score (nSPS) is 12.3. The van der Waals surface area contributed by atoms with E-state index in [4.69, 9.17) is 4.74 Å². The van der Waals surface area contributed by atoms with Crippen LogP contribution in [0.2, 0.25) is 0 Å². The summed E-state index contributed by atoms with van der Waals surface area (Å²) < 4.78 is 17.9. The van der Waals surface area contributed by atoms with E-state index in [9.17, 15) is 9.18 Å². The molecule has 2 nitrogen and oxygen atoms in total. The number of hydrogen-bond donors (Lipinski definition) is 0. The second-order valence-corrected chi connectivity index (χ2v) is 3.78. The Labute approximate surface area is 90.2 Å². The average molecular weight is 261 g/mol. The van der Waals surface area contributed by atoms with Crippen LogP contribution in [0.15, 0.2) is 18.2 Å². The van der Waals surface area contributed by atoms with Crippen molar-refractivity contribution in [1.29, 1.82) is 0 Å². The summed E-state index contributed by atoms with van der Waals surface area (Å²) in [5.41, 5.74) is 0.514. The highest BCUT2D eigenvalue weighted by Gasteiger charge is 2.17. The van der Waals surface area contributed by atoms with Crippen molar-refractivity contribution in [3.63, 3.8) is 0 Å². The predicted molar refractivity (Wildman–Crippen MR) is 55.3 cm³/mol. The van der Waals surface area contributed by atoms with Gasteiger partial charge in [-0.15, -0.1) is 0 Å². The van der Waals surface area contributed by atoms with Gasteiger partial charge in [0.15, 0.2) is 0 Å². The molecule has 1 aromatic rings. The Morgan fingerprint density at radius 3 is 2.71 bits per heavy atom. The highest BCUT2D eigenvalue weighted by atomic mass is 79.9. The van der Waals surface area contributed by atoms with Crippen LogP contribution >= 0.6 is 15.9 Å². The Morgan fingerprint density at radius 1 is 1.57 bits per heavy atom. The number of methoxy groups -OCH3 is 1. The predicted octanol–water partition coefficient (Wildman–Crippen LogP) is 2.86. The van der Waals surface area contributed by atoms with Gasteiger partial charge in [-0.05, 0) is 25.1 Å². The first kappa shape index (κ1) is 11.2. The number of carbonyl (C=O) groups is 1. The molecule has 0 saturated heterocycles. The van der Waals surface area contributed by atoms with Gasteiger partial charge in [0.05, 0.1) is 7.11 Å². The second-order valence-electron chi connectivity index (χ2n) is 2.86. The maximum atomic E-state index is 12.9. The summed E-state index contributed by atoms with van der Waals surface area (Å²) in [6.07, 6.45) is 0. The third-order valence-electron chi connectivity index (χ3n) is 1.82. The van der Waals surface area contributed by atoms with E-state index in [2.05, 4.69) is 15.9 Å². The summed E-state index contributed by atoms with van der Waals surface area (Å²) in [6, 6.07) is 4.09. The van der Waals surface area contributed by atoms with E-state index in [0.29, 0.717) is 11.3 Å². The number of rotatable bonds is 3. The van der Waals surface area contributed by atoms with E-state index in [1.807, 2.05) is 0 Å². The topological polar surface area (TPSA) is 26.3 Å². The van der Waals surface area contributed by atoms with Gasteiger partial charge in [0.25, 0.3) is 0 Å². The molecule has 0 aliphatic carbocycles. The molecule has 0 amide bonds. The van der Waals surface area contributed by atoms with Gasteiger partial charge in [-0.1, -0.05) is 15.9 Å². The molecule has 14 heavy (non-hydrogen) atoms. The fourth-order valence-corrected chi connectivity index (χ4v) is 1.48. The van der Waals surface area contributed by atoms with Gasteiger partial charge >= 0.3 is 0 Å². The standard InChI is InChI=1S/C10H10BrFO2/c1-6(13)10(11)8-5-7(12)3-4-9(8)14-2/h3-5,10H,1-2H3. The average Bonchev–Trinajstić information content (AvgIpc) is 2.16. The van der Waals surface area contributed by atoms with Crippen molar-refractivity contribution in [2.75, 3.05) is 7.11 Å². The lowest BCUT2D eigenvalue weighted by atomic mass is 10.1. The van der Waals surface area contributed by atoms with Crippen molar-refractivity contribution < 1.29 is 13.9 Å². The number of alkyl halides is 1. The molecule has 4 heteroatoms. The Hall–Kier alpha value is -0.900. The maximum absolute atomic E-state index is 12.9. The summed E-state index contributed by atoms with van der Waals surface area (Å²) in [7, 11) is 1.48. The van der Waals surface area contributed by atoms with Crippen LogP contribution in [-0.4, -0.2) is 12.9 Å². The van der Waals surface area contributed by atoms with E-state index in [-0.39, 0.29) is 11.6 Å². The molecule has 0 radical (unpaired) electrons. The molecule has 0 aliphatic heterocycles. The molecule has 1 aromatic carbocycles. The number of carbonyl (C=O) groups excluding carboxylic acids is 1. The van der Waals surface area contributed by atoms with Gasteiger partial charge in [-0.2, -0.15) is 0 Å². The fraction of sp³-hybridized carbons (Fsp3) is 0.300. The first-order valence-corrected chi connectivity index (χ1v) is 4.95. The molecule has 0 spiro atoms. The zero-order chi connectivity index (χ0) is 10.7. The molecule has 76 valence electrons. The summed E-state index contributed by atoms with van der Waals surface area (Å²) in [4.78, 5) is 10.6. The van der Waals surface area contributed by atoms with Gasteiger partial charge in [-0.3, -0.25) is 4.79 Å². The van der Waals surface area contributed by atoms with Gasteiger partial charge < -0.3 is 4.74 Å². The van der Waals surface area contributed by atoms with Crippen molar-refractivity contribution in [3.05, 3.63) is 29.6 Å². The molecule has 0 N–H and O–H groups in total. The maximum Gasteiger partial charge on any atom is 0.147 e. The minimum atomic E-state index is -0.520. The third kappa shape index (κ3) is 2.32. The third-order valence-corrected chi connectivity index (χ3v) is 2.96. The van der Waals surface area contributed by atoms with Crippen molar-refractivity contribution >= 4 is 21.7 Å². The molecule has 1 unspecified atom stereocenters. The van der Waals surface area contributed by atoms with Crippen LogP contribution in [0, 0.1) is 5.82 Å². The van der Waals surface area contributed by atoms with E-state index < -0.39 is 4.83 Å². The van der Waals surface area contributed by atoms with Crippen LogP contribution in [0.5, 0.6) is 5.75 Å². The van der Waals surface area contributed by atoms with Crippen molar-refractivity contribution in [3.8, 4) is 5.75 Å². The minimum absolute atomic E-state index is 0.0890. The van der Waals surface area contributed by atoms with Gasteiger partial charge in [0.1, 0.15) is 22.2 Å². The molecule has 0 aromatic heterocycles. The number of benzene rings is 1. The number of halogens is 2. The van der Waals surface area contributed by atoms with E-state index >= 15 is 0 Å². The fourth-order valence-electron chi connectivity index (χ4n) is 1.12. The van der Waals surface area contributed by atoms with Crippen LogP contribution in [0.4, 0.5) is 4.39 Å². The molecule has 0 bridgehead atoms. The van der Waals surface area contributed by atoms with Crippen molar-refractivity contribution in [2.45, 2.75) is 11.8 Å². The first-order valence-electron chi connectivity index (χ1n) is 4.04. The number of Topliss-reactive ketones (excluding diaryl/α,β-unsaturated/α-hetero) is 1. The summed E-state index contributed by atoms with van der Waals surface area (Å²) in [6.45, 7) is 1.43. The quantitative estimate of drug-likeness (QED) is 0.782. The molecule has 0 saturated carbocycles. The van der Waals surface area contributed by atoms with E-state index in [0.717, 1.165) is 0 Å². The van der Waals surface area contributed by atoms with Gasteiger partial charge in [0, 0.05) is 5.56 Å². The lowest BCUT2D eigenvalue weighted by Crippen LogP contribution is -2.03. The zero-order valence-electron chi connectivity index (χ0n) is 7.88. The Balaban J connectivity index is 3.16. The number of ketones is 1. The van der Waals surface area contributed by atoms with Crippen LogP contribution in [-0.2, 0) is 4.79 Å². The van der Waals surface area contributed by atoms with Crippen LogP contribution in [0.25, 0.3) is 0 Å². The molecule has 0 fully saturated rings. The summed E-state index contributed by atoms with van der Waals surface area (Å²) in [5, 5.41) is 0. The Bertz CT molecular complexity index is 352. The molecule has 1 rings (SSSR count). The van der Waals surface area contributed by atoms with Crippen molar-refractivity contribution in [1.82, 2.24) is 0 Å². The number of ether oxygens (including phenoxy) is 1. The highest BCUT2D eigenvalue weighted by Crippen LogP contribution is 2.32. The van der Waals surface area contributed by atoms with E-state index in [1.54, 1.807) is 0 Å². The summed E-state index contributed by atoms with van der Waals surface area (Å²) >= 11 is 3.18. The zero-order valence-corrected chi connectivity index (χ0v) is 9.47. The smallest absolute Gasteiger partial charge is 0.147 e. The van der Waals surface area contributed by atoms with Gasteiger partial charge in [-0.25, -0.2) is 4.39 Å². The first-order chi connectivity index (χ1) is 6.56. The van der Waals surface area contributed by atoms with Gasteiger partial charge in [0.2, 0.25) is 0 Å². The largest absolute Gasteiger partial charge is 0.496 e. The molecular weight excluding hydrogens is 251 g/mol. The van der Waals surface area contributed by atoms with Crippen LogP contribution < -0.4 is 4.74 Å². The SMILES string of the molecule is COc1ccc(F)cc1C(Br)C(C)=O. The monoisotopic (exact) mass is 260 g/mol. The highest BCUT2D eigenvalue weighted by molar-refractivity contribution is 9.09. The molecule has 0 heterocycles. The Kier molecular flexibility index (Phi) is 3.63.